The first-order chi connectivity index (χ1) is 8.45. The molecule has 0 aliphatic rings. The van der Waals surface area contributed by atoms with Gasteiger partial charge in [-0.15, -0.1) is 6.58 Å². The highest BCUT2D eigenvalue weighted by molar-refractivity contribution is 5.96. The summed E-state index contributed by atoms with van der Waals surface area (Å²) in [6.45, 7) is 4.96. The zero-order chi connectivity index (χ0) is 13.7. The number of hydrogen-bond donors (Lipinski definition) is 2. The number of rotatable bonds is 5. The van der Waals surface area contributed by atoms with Crippen LogP contribution in [-0.2, 0) is 4.79 Å². The number of nitrogens with one attached hydrogen (secondary N) is 1. The Kier molecular flexibility index (Phi) is 4.59. The van der Waals surface area contributed by atoms with Gasteiger partial charge in [0.15, 0.2) is 0 Å². The number of aryl methyl sites for hydroxylation is 1. The lowest BCUT2D eigenvalue weighted by Crippen LogP contribution is -2.40. The molecule has 0 bridgehead atoms. The maximum absolute atomic E-state index is 13.0. The summed E-state index contributed by atoms with van der Waals surface area (Å²) in [6, 6.07) is 2.83. The molecule has 1 atom stereocenters. The zero-order valence-electron chi connectivity index (χ0n) is 9.94. The van der Waals surface area contributed by atoms with E-state index in [1.54, 1.807) is 0 Å². The Hall–Kier alpha value is -2.17. The van der Waals surface area contributed by atoms with Crippen molar-refractivity contribution in [2.24, 2.45) is 0 Å². The molecule has 0 aromatic heterocycles. The first-order valence-corrected chi connectivity index (χ1v) is 5.36. The fourth-order valence-corrected chi connectivity index (χ4v) is 1.42. The molecule has 1 unspecified atom stereocenters. The molecule has 1 aromatic rings. The van der Waals surface area contributed by atoms with Crippen molar-refractivity contribution in [1.82, 2.24) is 5.32 Å². The Morgan fingerprint density at radius 2 is 2.22 bits per heavy atom. The van der Waals surface area contributed by atoms with Crippen LogP contribution in [0, 0.1) is 12.7 Å². The summed E-state index contributed by atoms with van der Waals surface area (Å²) >= 11 is 0. The van der Waals surface area contributed by atoms with Crippen molar-refractivity contribution < 1.29 is 19.1 Å². The van der Waals surface area contributed by atoms with Gasteiger partial charge in [0.1, 0.15) is 11.9 Å². The summed E-state index contributed by atoms with van der Waals surface area (Å²) in [5.41, 5.74) is 0.558. The average molecular weight is 251 g/mol. The van der Waals surface area contributed by atoms with Crippen LogP contribution in [0.3, 0.4) is 0 Å². The average Bonchev–Trinajstić information content (AvgIpc) is 2.31. The summed E-state index contributed by atoms with van der Waals surface area (Å²) in [4.78, 5) is 22.6. The molecule has 0 spiro atoms. The summed E-state index contributed by atoms with van der Waals surface area (Å²) in [5, 5.41) is 11.2. The van der Waals surface area contributed by atoms with E-state index in [-0.39, 0.29) is 12.0 Å². The normalized spacial score (nSPS) is 11.7. The predicted molar refractivity (Wildman–Crippen MR) is 64.8 cm³/mol. The van der Waals surface area contributed by atoms with E-state index in [0.29, 0.717) is 5.56 Å². The molecule has 0 saturated heterocycles. The third-order valence-electron chi connectivity index (χ3n) is 2.43. The maximum atomic E-state index is 13.0. The van der Waals surface area contributed by atoms with E-state index in [0.717, 1.165) is 0 Å². The monoisotopic (exact) mass is 251 g/mol. The molecule has 2 N–H and O–H groups in total. The Morgan fingerprint density at radius 3 is 2.72 bits per heavy atom. The SMILES string of the molecule is C=CCC(NC(=O)c1ccc(F)c(C)c1)C(=O)O. The van der Waals surface area contributed by atoms with E-state index >= 15 is 0 Å². The lowest BCUT2D eigenvalue weighted by atomic mass is 10.1. The van der Waals surface area contributed by atoms with Crippen molar-refractivity contribution in [3.63, 3.8) is 0 Å². The molecule has 0 saturated carbocycles. The number of benzene rings is 1. The molecule has 4 nitrogen and oxygen atoms in total. The largest absolute Gasteiger partial charge is 0.480 e. The minimum atomic E-state index is -1.14. The second-order valence-electron chi connectivity index (χ2n) is 3.85. The second kappa shape index (κ2) is 5.95. The Labute approximate surface area is 104 Å². The molecular weight excluding hydrogens is 237 g/mol. The molecule has 0 aliphatic carbocycles. The number of aliphatic carboxylic acids is 1. The van der Waals surface area contributed by atoms with Gasteiger partial charge in [0.2, 0.25) is 0 Å². The first kappa shape index (κ1) is 13.9. The quantitative estimate of drug-likeness (QED) is 0.785. The molecule has 18 heavy (non-hydrogen) atoms. The van der Waals surface area contributed by atoms with Crippen LogP contribution in [0.4, 0.5) is 4.39 Å². The molecule has 0 radical (unpaired) electrons. The van der Waals surface area contributed by atoms with Gasteiger partial charge in [-0.1, -0.05) is 6.08 Å². The van der Waals surface area contributed by atoms with E-state index in [1.165, 1.54) is 31.2 Å². The Morgan fingerprint density at radius 1 is 1.56 bits per heavy atom. The van der Waals surface area contributed by atoms with Crippen LogP contribution in [0.5, 0.6) is 0 Å². The minimum Gasteiger partial charge on any atom is -0.480 e. The molecule has 0 fully saturated rings. The zero-order valence-corrected chi connectivity index (χ0v) is 9.94. The topological polar surface area (TPSA) is 66.4 Å². The minimum absolute atomic E-state index is 0.126. The van der Waals surface area contributed by atoms with Crippen molar-refractivity contribution in [3.8, 4) is 0 Å². The highest BCUT2D eigenvalue weighted by atomic mass is 19.1. The third-order valence-corrected chi connectivity index (χ3v) is 2.43. The van der Waals surface area contributed by atoms with Crippen molar-refractivity contribution >= 4 is 11.9 Å². The highest BCUT2D eigenvalue weighted by Crippen LogP contribution is 2.09. The fourth-order valence-electron chi connectivity index (χ4n) is 1.42. The molecule has 0 heterocycles. The molecule has 1 rings (SSSR count). The standard InChI is InChI=1S/C13H14FNO3/c1-3-4-11(13(17)18)15-12(16)9-5-6-10(14)8(2)7-9/h3,5-7,11H,1,4H2,2H3,(H,15,16)(H,17,18). The van der Waals surface area contributed by atoms with Gasteiger partial charge in [-0.2, -0.15) is 0 Å². The number of carbonyl (C=O) groups is 2. The van der Waals surface area contributed by atoms with Gasteiger partial charge in [0.25, 0.3) is 5.91 Å². The Bertz CT molecular complexity index is 485. The van der Waals surface area contributed by atoms with Gasteiger partial charge >= 0.3 is 5.97 Å². The lowest BCUT2D eigenvalue weighted by Gasteiger charge is -2.12. The van der Waals surface area contributed by atoms with E-state index < -0.39 is 23.7 Å². The van der Waals surface area contributed by atoms with Crippen molar-refractivity contribution in [3.05, 3.63) is 47.8 Å². The van der Waals surface area contributed by atoms with Crippen LogP contribution in [0.25, 0.3) is 0 Å². The fraction of sp³-hybridized carbons (Fsp3) is 0.231. The summed E-state index contributed by atoms with van der Waals surface area (Å²) in [7, 11) is 0. The molecule has 5 heteroatoms. The summed E-state index contributed by atoms with van der Waals surface area (Å²) in [5.74, 6) is -2.10. The summed E-state index contributed by atoms with van der Waals surface area (Å²) < 4.78 is 13.0. The van der Waals surface area contributed by atoms with Gasteiger partial charge < -0.3 is 10.4 Å². The van der Waals surface area contributed by atoms with Gasteiger partial charge in [-0.05, 0) is 37.1 Å². The van der Waals surface area contributed by atoms with E-state index in [2.05, 4.69) is 11.9 Å². The van der Waals surface area contributed by atoms with E-state index in [1.807, 2.05) is 0 Å². The Balaban J connectivity index is 2.83. The van der Waals surface area contributed by atoms with Crippen molar-refractivity contribution in [1.29, 1.82) is 0 Å². The van der Waals surface area contributed by atoms with Crippen LogP contribution in [-0.4, -0.2) is 23.0 Å². The molecule has 96 valence electrons. The molecule has 1 aromatic carbocycles. The maximum Gasteiger partial charge on any atom is 0.326 e. The molecular formula is C13H14FNO3. The van der Waals surface area contributed by atoms with Crippen LogP contribution in [0.1, 0.15) is 22.3 Å². The number of carboxylic acid groups (broad SMARTS) is 1. The van der Waals surface area contributed by atoms with Gasteiger partial charge in [0, 0.05) is 5.56 Å². The van der Waals surface area contributed by atoms with Crippen LogP contribution in [0.2, 0.25) is 0 Å². The van der Waals surface area contributed by atoms with Crippen molar-refractivity contribution in [2.45, 2.75) is 19.4 Å². The van der Waals surface area contributed by atoms with Crippen LogP contribution in [0.15, 0.2) is 30.9 Å². The molecule has 0 aliphatic heterocycles. The second-order valence-corrected chi connectivity index (χ2v) is 3.85. The van der Waals surface area contributed by atoms with Gasteiger partial charge in [-0.25, -0.2) is 9.18 Å². The van der Waals surface area contributed by atoms with Crippen molar-refractivity contribution in [2.75, 3.05) is 0 Å². The lowest BCUT2D eigenvalue weighted by molar-refractivity contribution is -0.139. The number of carbonyl (C=O) groups excluding carboxylic acids is 1. The number of amides is 1. The predicted octanol–water partition coefficient (Wildman–Crippen LogP) is 1.89. The van der Waals surface area contributed by atoms with E-state index in [4.69, 9.17) is 5.11 Å². The third kappa shape index (κ3) is 3.41. The smallest absolute Gasteiger partial charge is 0.326 e. The van der Waals surface area contributed by atoms with Gasteiger partial charge in [0.05, 0.1) is 0 Å². The van der Waals surface area contributed by atoms with Crippen LogP contribution >= 0.6 is 0 Å². The first-order valence-electron chi connectivity index (χ1n) is 5.36. The highest BCUT2D eigenvalue weighted by Gasteiger charge is 2.19. The van der Waals surface area contributed by atoms with Crippen LogP contribution < -0.4 is 5.32 Å². The number of carboxylic acids is 1. The summed E-state index contributed by atoms with van der Waals surface area (Å²) in [6.07, 6.45) is 1.54. The van der Waals surface area contributed by atoms with E-state index in [9.17, 15) is 14.0 Å². The number of hydrogen-bond acceptors (Lipinski definition) is 2. The van der Waals surface area contributed by atoms with Gasteiger partial charge in [-0.3, -0.25) is 4.79 Å². The number of halogens is 1. The molecule has 1 amide bonds.